The highest BCUT2D eigenvalue weighted by Crippen LogP contribution is 2.42. The number of para-hydroxylation sites is 1. The summed E-state index contributed by atoms with van der Waals surface area (Å²) in [7, 11) is 0. The van der Waals surface area contributed by atoms with Gasteiger partial charge in [-0.05, 0) is 24.1 Å². The van der Waals surface area contributed by atoms with Gasteiger partial charge in [0.1, 0.15) is 0 Å². The van der Waals surface area contributed by atoms with Crippen LogP contribution in [0.15, 0.2) is 65.9 Å². The molecular formula is C20H19NO3. The topological polar surface area (TPSA) is 57.6 Å². The van der Waals surface area contributed by atoms with Crippen molar-refractivity contribution in [1.82, 2.24) is 0 Å². The number of anilines is 1. The number of rotatable bonds is 4. The number of hydrogen-bond donors (Lipinski definition) is 1. The first kappa shape index (κ1) is 16.0. The van der Waals surface area contributed by atoms with Crippen molar-refractivity contribution in [2.75, 3.05) is 4.90 Å². The lowest BCUT2D eigenvalue weighted by Crippen LogP contribution is -2.31. The number of ketones is 1. The molecule has 0 saturated carbocycles. The molecule has 0 fully saturated rings. The number of aliphatic hydroxyl groups excluding tert-OH is 1. The molecule has 0 bridgehead atoms. The number of amides is 1. The Morgan fingerprint density at radius 2 is 1.71 bits per heavy atom. The molecule has 0 aliphatic carbocycles. The van der Waals surface area contributed by atoms with Crippen LogP contribution in [0.5, 0.6) is 0 Å². The lowest BCUT2D eigenvalue weighted by atomic mass is 9.94. The van der Waals surface area contributed by atoms with Crippen LogP contribution in [0.1, 0.15) is 30.5 Å². The predicted octanol–water partition coefficient (Wildman–Crippen LogP) is 3.87. The number of aliphatic hydroxyl groups is 1. The minimum Gasteiger partial charge on any atom is -0.503 e. The van der Waals surface area contributed by atoms with E-state index in [-0.39, 0.29) is 17.8 Å². The van der Waals surface area contributed by atoms with Crippen molar-refractivity contribution in [3.63, 3.8) is 0 Å². The Morgan fingerprint density at radius 3 is 2.33 bits per heavy atom. The Bertz CT molecular complexity index is 824. The van der Waals surface area contributed by atoms with Gasteiger partial charge in [0, 0.05) is 12.1 Å². The van der Waals surface area contributed by atoms with Crippen molar-refractivity contribution in [2.24, 2.45) is 0 Å². The molecule has 1 atom stereocenters. The number of Topliss-reactive ketones (excluding diaryl/α,β-unsaturated/α-hetero) is 1. The number of carbonyl (C=O) groups excluding carboxylic acids is 2. The first-order valence-electron chi connectivity index (χ1n) is 7.96. The minimum absolute atomic E-state index is 0.178. The molecule has 0 radical (unpaired) electrons. The second-order valence-electron chi connectivity index (χ2n) is 5.81. The van der Waals surface area contributed by atoms with Gasteiger partial charge in [-0.2, -0.15) is 0 Å². The van der Waals surface area contributed by atoms with Crippen LogP contribution in [-0.2, 0) is 9.59 Å². The van der Waals surface area contributed by atoms with Crippen molar-refractivity contribution in [2.45, 2.75) is 26.3 Å². The van der Waals surface area contributed by atoms with E-state index in [9.17, 15) is 14.7 Å². The third kappa shape index (κ3) is 2.50. The molecule has 4 nitrogen and oxygen atoms in total. The Morgan fingerprint density at radius 1 is 1.08 bits per heavy atom. The maximum atomic E-state index is 12.7. The molecule has 0 saturated heterocycles. The van der Waals surface area contributed by atoms with Crippen LogP contribution in [0.2, 0.25) is 0 Å². The summed E-state index contributed by atoms with van der Waals surface area (Å²) in [6, 6.07) is 16.2. The number of hydrogen-bond acceptors (Lipinski definition) is 3. The van der Waals surface area contributed by atoms with Crippen molar-refractivity contribution in [1.29, 1.82) is 0 Å². The number of nitrogens with zero attached hydrogens (tertiary/aromatic N) is 1. The predicted molar refractivity (Wildman–Crippen MR) is 92.8 cm³/mol. The fourth-order valence-corrected chi connectivity index (χ4v) is 3.11. The van der Waals surface area contributed by atoms with Crippen molar-refractivity contribution in [3.05, 3.63) is 77.1 Å². The van der Waals surface area contributed by atoms with Crippen LogP contribution < -0.4 is 4.90 Å². The third-order valence-electron chi connectivity index (χ3n) is 4.32. The Labute approximate surface area is 141 Å². The summed E-state index contributed by atoms with van der Waals surface area (Å²) < 4.78 is 0. The number of benzene rings is 2. The van der Waals surface area contributed by atoms with Gasteiger partial charge in [-0.25, -0.2) is 0 Å². The highest BCUT2D eigenvalue weighted by atomic mass is 16.3. The van der Waals surface area contributed by atoms with E-state index in [4.69, 9.17) is 0 Å². The van der Waals surface area contributed by atoms with E-state index in [1.807, 2.05) is 61.5 Å². The molecule has 1 amide bonds. The van der Waals surface area contributed by atoms with E-state index >= 15 is 0 Å². The van der Waals surface area contributed by atoms with E-state index < -0.39 is 17.7 Å². The normalized spacial score (nSPS) is 17.5. The molecule has 0 aromatic heterocycles. The standard InChI is InChI=1S/C20H19NO3/c1-3-16(22)17-18(14-10-5-4-6-11-14)21(20(24)19(17)23)15-12-8-7-9-13(15)2/h4-12,18,23H,3H2,1-2H3. The van der Waals surface area contributed by atoms with Gasteiger partial charge in [-0.1, -0.05) is 55.5 Å². The lowest BCUT2D eigenvalue weighted by molar-refractivity contribution is -0.118. The largest absolute Gasteiger partial charge is 0.503 e. The Hall–Kier alpha value is -2.88. The van der Waals surface area contributed by atoms with Gasteiger partial charge in [-0.15, -0.1) is 0 Å². The molecule has 4 heteroatoms. The van der Waals surface area contributed by atoms with E-state index in [1.165, 1.54) is 4.90 Å². The highest BCUT2D eigenvalue weighted by molar-refractivity contribution is 6.16. The lowest BCUT2D eigenvalue weighted by Gasteiger charge is -2.28. The van der Waals surface area contributed by atoms with E-state index in [0.717, 1.165) is 11.1 Å². The van der Waals surface area contributed by atoms with Gasteiger partial charge in [0.25, 0.3) is 5.91 Å². The van der Waals surface area contributed by atoms with Gasteiger partial charge in [-0.3, -0.25) is 14.5 Å². The molecule has 1 unspecified atom stereocenters. The van der Waals surface area contributed by atoms with Gasteiger partial charge in [0.05, 0.1) is 11.6 Å². The summed E-state index contributed by atoms with van der Waals surface area (Å²) in [5.74, 6) is -1.19. The van der Waals surface area contributed by atoms with Crippen LogP contribution in [0, 0.1) is 6.92 Å². The molecule has 1 aliphatic rings. The maximum absolute atomic E-state index is 12.7. The molecule has 1 N–H and O–H groups in total. The molecule has 0 spiro atoms. The summed E-state index contributed by atoms with van der Waals surface area (Å²) in [5.41, 5.74) is 2.58. The summed E-state index contributed by atoms with van der Waals surface area (Å²) in [5, 5.41) is 10.4. The van der Waals surface area contributed by atoms with E-state index in [0.29, 0.717) is 5.69 Å². The molecule has 1 aliphatic heterocycles. The van der Waals surface area contributed by atoms with Crippen molar-refractivity contribution >= 4 is 17.4 Å². The fraction of sp³-hybridized carbons (Fsp3) is 0.200. The van der Waals surface area contributed by atoms with E-state index in [2.05, 4.69) is 0 Å². The van der Waals surface area contributed by atoms with Crippen molar-refractivity contribution in [3.8, 4) is 0 Å². The average molecular weight is 321 g/mol. The Kier molecular flexibility index (Phi) is 4.21. The average Bonchev–Trinajstić information content (AvgIpc) is 2.87. The molecule has 2 aromatic rings. The van der Waals surface area contributed by atoms with Gasteiger partial charge >= 0.3 is 0 Å². The number of aryl methyl sites for hydroxylation is 1. The molecular weight excluding hydrogens is 302 g/mol. The zero-order valence-corrected chi connectivity index (χ0v) is 13.7. The van der Waals surface area contributed by atoms with Gasteiger partial charge in [0.15, 0.2) is 11.5 Å². The highest BCUT2D eigenvalue weighted by Gasteiger charge is 2.44. The van der Waals surface area contributed by atoms with Crippen LogP contribution in [0.25, 0.3) is 0 Å². The first-order chi connectivity index (χ1) is 11.6. The smallest absolute Gasteiger partial charge is 0.294 e. The summed E-state index contributed by atoms with van der Waals surface area (Å²) in [6.45, 7) is 3.63. The van der Waals surface area contributed by atoms with Crippen LogP contribution in [0.4, 0.5) is 5.69 Å². The van der Waals surface area contributed by atoms with Crippen LogP contribution in [-0.4, -0.2) is 16.8 Å². The SMILES string of the molecule is CCC(=O)C1=C(O)C(=O)N(c2ccccc2C)C1c1ccccc1. The second kappa shape index (κ2) is 6.32. The molecule has 3 rings (SSSR count). The quantitative estimate of drug-likeness (QED) is 0.930. The van der Waals surface area contributed by atoms with Crippen LogP contribution >= 0.6 is 0 Å². The summed E-state index contributed by atoms with van der Waals surface area (Å²) in [4.78, 5) is 26.7. The Balaban J connectivity index is 2.21. The third-order valence-corrected chi connectivity index (χ3v) is 4.32. The summed E-state index contributed by atoms with van der Waals surface area (Å²) in [6.07, 6.45) is 0.234. The number of carbonyl (C=O) groups is 2. The zero-order valence-electron chi connectivity index (χ0n) is 13.7. The minimum atomic E-state index is -0.604. The van der Waals surface area contributed by atoms with Gasteiger partial charge < -0.3 is 5.11 Å². The van der Waals surface area contributed by atoms with Gasteiger partial charge in [0.2, 0.25) is 0 Å². The molecule has 1 heterocycles. The summed E-state index contributed by atoms with van der Waals surface area (Å²) >= 11 is 0. The maximum Gasteiger partial charge on any atom is 0.294 e. The first-order valence-corrected chi connectivity index (χ1v) is 7.96. The second-order valence-corrected chi connectivity index (χ2v) is 5.81. The molecule has 122 valence electrons. The fourth-order valence-electron chi connectivity index (χ4n) is 3.11. The molecule has 2 aromatic carbocycles. The van der Waals surface area contributed by atoms with E-state index in [1.54, 1.807) is 6.92 Å². The zero-order chi connectivity index (χ0) is 17.3. The monoisotopic (exact) mass is 321 g/mol. The van der Waals surface area contributed by atoms with Crippen molar-refractivity contribution < 1.29 is 14.7 Å². The van der Waals surface area contributed by atoms with Crippen LogP contribution in [0.3, 0.4) is 0 Å². The molecule has 24 heavy (non-hydrogen) atoms.